The molecule has 0 unspecified atom stereocenters. The highest BCUT2D eigenvalue weighted by atomic mass is 16.5. The molecular formula is C32H47N3O6. The summed E-state index contributed by atoms with van der Waals surface area (Å²) >= 11 is 0. The molecule has 1 aromatic heterocycles. The summed E-state index contributed by atoms with van der Waals surface area (Å²) in [6.45, 7) is 2.22. The molecule has 41 heavy (non-hydrogen) atoms. The number of benzene rings is 1. The highest BCUT2D eigenvalue weighted by Gasteiger charge is 2.27. The number of carboxylic acid groups (broad SMARTS) is 1. The first-order chi connectivity index (χ1) is 19.8. The van der Waals surface area contributed by atoms with Gasteiger partial charge in [0.2, 0.25) is 5.91 Å². The fourth-order valence-electron chi connectivity index (χ4n) is 4.84. The average Bonchev–Trinajstić information content (AvgIpc) is 2.94. The molecule has 2 aromatic rings. The van der Waals surface area contributed by atoms with E-state index in [2.05, 4.69) is 17.2 Å². The summed E-state index contributed by atoms with van der Waals surface area (Å²) in [5.74, 6) is -2.84. The number of aliphatic carboxylic acids is 1. The van der Waals surface area contributed by atoms with Crippen LogP contribution in [-0.2, 0) is 19.1 Å². The zero-order chi connectivity index (χ0) is 29.9. The van der Waals surface area contributed by atoms with Gasteiger partial charge in [0.05, 0.1) is 11.9 Å². The Kier molecular flexibility index (Phi) is 16.1. The number of hydrogen-bond donors (Lipinski definition) is 3. The molecule has 0 radical (unpaired) electrons. The maximum Gasteiger partial charge on any atom is 0.328 e. The molecule has 1 heterocycles. The molecule has 226 valence electrons. The molecule has 0 spiro atoms. The van der Waals surface area contributed by atoms with Crippen molar-refractivity contribution >= 4 is 34.7 Å². The number of nitrogens with one attached hydrogen (secondary N) is 1. The molecule has 9 heteroatoms. The fraction of sp³-hybridized carbons (Fsp3) is 0.594. The Labute approximate surface area is 243 Å². The lowest BCUT2D eigenvalue weighted by molar-refractivity contribution is -0.153. The number of nitrogens with two attached hydrogens (primary N) is 1. The van der Waals surface area contributed by atoms with E-state index >= 15 is 0 Å². The molecule has 4 N–H and O–H groups in total. The number of esters is 1. The van der Waals surface area contributed by atoms with Gasteiger partial charge in [-0.25, -0.2) is 9.78 Å². The summed E-state index contributed by atoms with van der Waals surface area (Å²) in [6.07, 6.45) is 12.7. The van der Waals surface area contributed by atoms with E-state index < -0.39 is 35.9 Å². The summed E-state index contributed by atoms with van der Waals surface area (Å²) < 4.78 is 5.66. The second-order valence-corrected chi connectivity index (χ2v) is 10.8. The Morgan fingerprint density at radius 1 is 0.854 bits per heavy atom. The Hall–Kier alpha value is -3.49. The number of ether oxygens (including phenoxy) is 1. The second-order valence-electron chi connectivity index (χ2n) is 10.8. The minimum atomic E-state index is -1.08. The van der Waals surface area contributed by atoms with E-state index in [4.69, 9.17) is 15.6 Å². The Balaban J connectivity index is 1.90. The van der Waals surface area contributed by atoms with Crippen molar-refractivity contribution in [3.05, 3.63) is 42.1 Å². The van der Waals surface area contributed by atoms with Gasteiger partial charge >= 0.3 is 11.9 Å². The topological polar surface area (TPSA) is 149 Å². The van der Waals surface area contributed by atoms with Gasteiger partial charge in [0.25, 0.3) is 5.91 Å². The van der Waals surface area contributed by atoms with Gasteiger partial charge in [-0.1, -0.05) is 95.4 Å². The van der Waals surface area contributed by atoms with E-state index in [1.165, 1.54) is 44.9 Å². The summed E-state index contributed by atoms with van der Waals surface area (Å²) in [5.41, 5.74) is 6.19. The first-order valence-electron chi connectivity index (χ1n) is 15.2. The number of unbranched alkanes of at least 4 members (excludes halogenated alkanes) is 10. The van der Waals surface area contributed by atoms with Gasteiger partial charge in [-0.05, 0) is 37.8 Å². The number of carbonyl (C=O) groups excluding carboxylic acids is 3. The third kappa shape index (κ3) is 14.1. The highest BCUT2D eigenvalue weighted by Crippen LogP contribution is 2.17. The van der Waals surface area contributed by atoms with Gasteiger partial charge in [0, 0.05) is 11.8 Å². The van der Waals surface area contributed by atoms with Crippen molar-refractivity contribution in [2.75, 3.05) is 0 Å². The number of amides is 2. The van der Waals surface area contributed by atoms with Crippen LogP contribution in [0.4, 0.5) is 0 Å². The number of fused-ring (bicyclic) bond motifs is 1. The lowest BCUT2D eigenvalue weighted by Crippen LogP contribution is -2.43. The van der Waals surface area contributed by atoms with E-state index in [1.807, 2.05) is 18.2 Å². The predicted octanol–water partition coefficient (Wildman–Crippen LogP) is 6.08. The zero-order valence-corrected chi connectivity index (χ0v) is 24.4. The largest absolute Gasteiger partial charge is 0.481 e. The summed E-state index contributed by atoms with van der Waals surface area (Å²) in [5, 5.41) is 12.6. The van der Waals surface area contributed by atoms with Crippen LogP contribution in [0.3, 0.4) is 0 Å². The number of rotatable bonds is 22. The van der Waals surface area contributed by atoms with Gasteiger partial charge in [-0.15, -0.1) is 0 Å². The number of para-hydroxylation sites is 1. The Morgan fingerprint density at radius 3 is 2.12 bits per heavy atom. The van der Waals surface area contributed by atoms with Crippen molar-refractivity contribution in [2.45, 2.75) is 122 Å². The molecule has 2 atom stereocenters. The third-order valence-corrected chi connectivity index (χ3v) is 7.15. The van der Waals surface area contributed by atoms with Crippen LogP contribution in [0.2, 0.25) is 0 Å². The molecule has 0 bridgehead atoms. The van der Waals surface area contributed by atoms with Crippen molar-refractivity contribution in [2.24, 2.45) is 5.73 Å². The van der Waals surface area contributed by atoms with Crippen LogP contribution in [0.25, 0.3) is 10.9 Å². The van der Waals surface area contributed by atoms with Crippen molar-refractivity contribution in [1.82, 2.24) is 10.3 Å². The van der Waals surface area contributed by atoms with Crippen LogP contribution in [-0.4, -0.2) is 46.0 Å². The second kappa shape index (κ2) is 19.6. The molecule has 1 aromatic carbocycles. The Bertz CT molecular complexity index is 1110. The lowest BCUT2D eigenvalue weighted by atomic mass is 10.0. The molecule has 0 aliphatic heterocycles. The summed E-state index contributed by atoms with van der Waals surface area (Å²) in [7, 11) is 0. The lowest BCUT2D eigenvalue weighted by Gasteiger charge is -2.22. The maximum absolute atomic E-state index is 13.1. The number of nitrogens with zero attached hydrogens (tertiary/aromatic N) is 1. The maximum atomic E-state index is 13.1. The van der Waals surface area contributed by atoms with Crippen LogP contribution in [0, 0.1) is 0 Å². The van der Waals surface area contributed by atoms with E-state index in [1.54, 1.807) is 18.2 Å². The molecular weight excluding hydrogens is 522 g/mol. The number of aromatic nitrogens is 1. The van der Waals surface area contributed by atoms with Crippen LogP contribution >= 0.6 is 0 Å². The number of carbonyl (C=O) groups is 4. The predicted molar refractivity (Wildman–Crippen MR) is 159 cm³/mol. The smallest absolute Gasteiger partial charge is 0.328 e. The molecule has 9 nitrogen and oxygen atoms in total. The normalized spacial score (nSPS) is 12.5. The molecule has 2 amide bonds. The molecule has 0 aliphatic carbocycles. The van der Waals surface area contributed by atoms with Crippen LogP contribution in [0.5, 0.6) is 0 Å². The van der Waals surface area contributed by atoms with E-state index in [0.717, 1.165) is 31.1 Å². The minimum Gasteiger partial charge on any atom is -0.481 e. The van der Waals surface area contributed by atoms with Crippen LogP contribution in [0.15, 0.2) is 36.4 Å². The number of primary amides is 1. The van der Waals surface area contributed by atoms with Crippen molar-refractivity contribution in [3.63, 3.8) is 0 Å². The van der Waals surface area contributed by atoms with Crippen molar-refractivity contribution in [1.29, 1.82) is 0 Å². The number of hydrogen-bond acceptors (Lipinski definition) is 6. The quantitative estimate of drug-likeness (QED) is 0.115. The molecule has 0 saturated heterocycles. The molecule has 0 fully saturated rings. The van der Waals surface area contributed by atoms with E-state index in [9.17, 15) is 19.2 Å². The first kappa shape index (κ1) is 33.7. The van der Waals surface area contributed by atoms with E-state index in [0.29, 0.717) is 11.9 Å². The fourth-order valence-corrected chi connectivity index (χ4v) is 4.84. The number of carboxylic acids is 1. The Morgan fingerprint density at radius 2 is 1.49 bits per heavy atom. The van der Waals surface area contributed by atoms with Gasteiger partial charge in [-0.3, -0.25) is 14.4 Å². The SMILES string of the molecule is CCCCCCCCCCCCC[C@@H](CC(N)=O)OC(=O)[C@H](CCCC(=O)O)NC(=O)c1ccc2ccccc2n1. The van der Waals surface area contributed by atoms with Gasteiger partial charge in [-0.2, -0.15) is 0 Å². The molecule has 0 saturated carbocycles. The molecule has 2 rings (SSSR count). The van der Waals surface area contributed by atoms with Crippen molar-refractivity contribution in [3.8, 4) is 0 Å². The monoisotopic (exact) mass is 569 g/mol. The average molecular weight is 570 g/mol. The van der Waals surface area contributed by atoms with Crippen molar-refractivity contribution < 1.29 is 29.0 Å². The van der Waals surface area contributed by atoms with E-state index in [-0.39, 0.29) is 31.4 Å². The summed E-state index contributed by atoms with van der Waals surface area (Å²) in [6, 6.07) is 9.61. The first-order valence-corrected chi connectivity index (χ1v) is 15.2. The summed E-state index contributed by atoms with van der Waals surface area (Å²) in [4.78, 5) is 53.2. The minimum absolute atomic E-state index is 0.0756. The van der Waals surface area contributed by atoms with Gasteiger partial charge < -0.3 is 20.9 Å². The molecule has 0 aliphatic rings. The number of pyridine rings is 1. The standard InChI is InChI=1S/C32H47N3O6/c1-2-3-4-5-6-7-8-9-10-11-12-17-25(23-29(33)36)41-32(40)28(19-15-20-30(37)38)35-31(39)27-22-21-24-16-13-14-18-26(24)34-27/h13-14,16,18,21-22,25,28H,2-12,15,17,19-20,23H2,1H3,(H2,33,36)(H,35,39)(H,37,38)/t25-,28-/m0/s1. The van der Waals surface area contributed by atoms with Crippen LogP contribution in [0.1, 0.15) is 120 Å². The van der Waals surface area contributed by atoms with Crippen LogP contribution < -0.4 is 11.1 Å². The van der Waals surface area contributed by atoms with Gasteiger partial charge in [0.15, 0.2) is 0 Å². The third-order valence-electron chi connectivity index (χ3n) is 7.15. The highest BCUT2D eigenvalue weighted by molar-refractivity contribution is 5.97. The zero-order valence-electron chi connectivity index (χ0n) is 24.4. The van der Waals surface area contributed by atoms with Gasteiger partial charge in [0.1, 0.15) is 17.8 Å².